The molecule has 0 aromatic carbocycles. The molecule has 0 N–H and O–H groups in total. The Morgan fingerprint density at radius 2 is 1.62 bits per heavy atom. The van der Waals surface area contributed by atoms with E-state index in [9.17, 15) is 0 Å². The van der Waals surface area contributed by atoms with Gasteiger partial charge in [0.15, 0.2) is 0 Å². The molecule has 2 rings (SSSR count). The monoisotopic (exact) mass is 183 g/mol. The highest BCUT2D eigenvalue weighted by Crippen LogP contribution is 2.55. The fourth-order valence-corrected chi connectivity index (χ4v) is 3.19. The van der Waals surface area contributed by atoms with Crippen LogP contribution in [0.5, 0.6) is 0 Å². The molecule has 0 radical (unpaired) electrons. The largest absolute Gasteiger partial charge is 0.372 e. The van der Waals surface area contributed by atoms with Crippen LogP contribution in [0.25, 0.3) is 0 Å². The van der Waals surface area contributed by atoms with Crippen molar-refractivity contribution in [3.05, 3.63) is 0 Å². The molecule has 3 atom stereocenters. The number of fused-ring (bicyclic) bond motifs is 2. The predicted molar refractivity (Wildman–Crippen MR) is 53.8 cm³/mol. The average molecular weight is 183 g/mol. The lowest BCUT2D eigenvalue weighted by Gasteiger charge is -2.49. The van der Waals surface area contributed by atoms with Crippen molar-refractivity contribution < 1.29 is 4.74 Å². The third kappa shape index (κ3) is 0.909. The van der Waals surface area contributed by atoms with Crippen LogP contribution in [0.1, 0.15) is 33.6 Å². The lowest BCUT2D eigenvalue weighted by molar-refractivity contribution is 0.0171. The van der Waals surface area contributed by atoms with Gasteiger partial charge >= 0.3 is 0 Å². The normalized spacial score (nSPS) is 47.5. The van der Waals surface area contributed by atoms with E-state index in [1.165, 1.54) is 12.8 Å². The topological polar surface area (TPSA) is 12.5 Å². The predicted octanol–water partition coefficient (Wildman–Crippen LogP) is 1.89. The molecule has 0 aliphatic carbocycles. The molecule has 13 heavy (non-hydrogen) atoms. The number of hydrogen-bond acceptors (Lipinski definition) is 2. The number of hydrogen-bond donors (Lipinski definition) is 0. The van der Waals surface area contributed by atoms with Crippen LogP contribution in [-0.2, 0) is 4.74 Å². The zero-order valence-electron chi connectivity index (χ0n) is 9.42. The molecule has 2 heteroatoms. The van der Waals surface area contributed by atoms with Gasteiger partial charge in [-0.25, -0.2) is 0 Å². The Kier molecular flexibility index (Phi) is 1.81. The molecule has 2 aliphatic heterocycles. The summed E-state index contributed by atoms with van der Waals surface area (Å²) in [6.45, 7) is 7.03. The second-order valence-electron chi connectivity index (χ2n) is 5.45. The first-order valence-corrected chi connectivity index (χ1v) is 5.23. The highest BCUT2D eigenvalue weighted by Gasteiger charge is 2.62. The van der Waals surface area contributed by atoms with Crippen molar-refractivity contribution in [3.8, 4) is 0 Å². The van der Waals surface area contributed by atoms with Crippen molar-refractivity contribution >= 4 is 0 Å². The molecule has 0 aromatic rings. The van der Waals surface area contributed by atoms with E-state index >= 15 is 0 Å². The molecular formula is C11H21NO. The summed E-state index contributed by atoms with van der Waals surface area (Å²) in [5.74, 6) is 0. The summed E-state index contributed by atoms with van der Waals surface area (Å²) in [7, 11) is 4.34. The fraction of sp³-hybridized carbons (Fsp3) is 1.00. The summed E-state index contributed by atoms with van der Waals surface area (Å²) >= 11 is 0. The molecule has 0 aromatic heterocycles. The van der Waals surface area contributed by atoms with Crippen molar-refractivity contribution in [2.24, 2.45) is 5.41 Å². The molecule has 2 aliphatic rings. The fourth-order valence-electron chi connectivity index (χ4n) is 3.19. The first-order valence-electron chi connectivity index (χ1n) is 5.23. The van der Waals surface area contributed by atoms with E-state index in [1.54, 1.807) is 0 Å². The van der Waals surface area contributed by atoms with Crippen molar-refractivity contribution in [2.45, 2.75) is 51.4 Å². The minimum atomic E-state index is 0.218. The number of ether oxygens (including phenoxy) is 1. The van der Waals surface area contributed by atoms with Crippen LogP contribution >= 0.6 is 0 Å². The molecule has 2 saturated heterocycles. The van der Waals surface area contributed by atoms with Gasteiger partial charge in [-0.05, 0) is 33.9 Å². The molecule has 0 unspecified atom stereocenters. The average Bonchev–Trinajstić information content (AvgIpc) is 2.54. The van der Waals surface area contributed by atoms with Crippen molar-refractivity contribution in [1.29, 1.82) is 0 Å². The van der Waals surface area contributed by atoms with Crippen LogP contribution < -0.4 is 0 Å². The summed E-state index contributed by atoms with van der Waals surface area (Å²) in [6.07, 6.45) is 3.41. The summed E-state index contributed by atoms with van der Waals surface area (Å²) in [5, 5.41) is 0. The van der Waals surface area contributed by atoms with Gasteiger partial charge in [-0.2, -0.15) is 0 Å². The molecule has 2 nitrogen and oxygen atoms in total. The van der Waals surface area contributed by atoms with E-state index < -0.39 is 0 Å². The van der Waals surface area contributed by atoms with Gasteiger partial charge in [-0.15, -0.1) is 0 Å². The summed E-state index contributed by atoms with van der Waals surface area (Å²) in [6, 6.07) is 0. The van der Waals surface area contributed by atoms with Crippen LogP contribution in [0.4, 0.5) is 0 Å². The summed E-state index contributed by atoms with van der Waals surface area (Å²) in [5.41, 5.74) is 0.509. The summed E-state index contributed by atoms with van der Waals surface area (Å²) in [4.78, 5) is 2.34. The standard InChI is InChI=1S/C11H21NO/c1-10(2)8-6-7-9(13-8)11(10,3)12(4)5/h8-9H,6-7H2,1-5H3/t8-,9+,11+/m1/s1. The number of nitrogens with zero attached hydrogens (tertiary/aromatic N) is 1. The van der Waals surface area contributed by atoms with Gasteiger partial charge in [-0.1, -0.05) is 13.8 Å². The van der Waals surface area contributed by atoms with Gasteiger partial charge in [0, 0.05) is 5.41 Å². The molecule has 76 valence electrons. The molecule has 0 saturated carbocycles. The van der Waals surface area contributed by atoms with Gasteiger partial charge in [0.05, 0.1) is 17.7 Å². The third-order valence-corrected chi connectivity index (χ3v) is 4.68. The Morgan fingerprint density at radius 1 is 1.08 bits per heavy atom. The molecular weight excluding hydrogens is 162 g/mol. The van der Waals surface area contributed by atoms with Crippen LogP contribution in [0.15, 0.2) is 0 Å². The van der Waals surface area contributed by atoms with Crippen LogP contribution in [0, 0.1) is 5.41 Å². The lowest BCUT2D eigenvalue weighted by Crippen LogP contribution is -2.59. The Balaban J connectivity index is 2.38. The van der Waals surface area contributed by atoms with Gasteiger partial charge in [0.2, 0.25) is 0 Å². The van der Waals surface area contributed by atoms with Gasteiger partial charge < -0.3 is 9.64 Å². The highest BCUT2D eigenvalue weighted by atomic mass is 16.5. The molecule has 0 spiro atoms. The highest BCUT2D eigenvalue weighted by molar-refractivity contribution is 5.14. The van der Waals surface area contributed by atoms with E-state index in [0.717, 1.165) is 0 Å². The van der Waals surface area contributed by atoms with Crippen LogP contribution in [0.2, 0.25) is 0 Å². The molecule has 2 fully saturated rings. The maximum atomic E-state index is 6.02. The van der Waals surface area contributed by atoms with Crippen LogP contribution in [-0.4, -0.2) is 36.7 Å². The van der Waals surface area contributed by atoms with Crippen LogP contribution in [0.3, 0.4) is 0 Å². The first-order chi connectivity index (χ1) is 5.90. The van der Waals surface area contributed by atoms with E-state index in [0.29, 0.717) is 17.6 Å². The number of likely N-dealkylation sites (N-methyl/N-ethyl adjacent to an activating group) is 1. The Hall–Kier alpha value is -0.0800. The lowest BCUT2D eigenvalue weighted by atomic mass is 9.63. The van der Waals surface area contributed by atoms with Gasteiger partial charge in [-0.3, -0.25) is 0 Å². The molecule has 0 amide bonds. The van der Waals surface area contributed by atoms with Gasteiger partial charge in [0.1, 0.15) is 0 Å². The molecule has 2 heterocycles. The Labute approximate surface area is 81.3 Å². The summed E-state index contributed by atoms with van der Waals surface area (Å²) < 4.78 is 6.02. The van der Waals surface area contributed by atoms with E-state index in [1.807, 2.05) is 0 Å². The zero-order chi connectivity index (χ0) is 9.85. The Morgan fingerprint density at radius 3 is 1.92 bits per heavy atom. The quantitative estimate of drug-likeness (QED) is 0.615. The Bertz CT molecular complexity index is 224. The first kappa shape index (κ1) is 9.47. The third-order valence-electron chi connectivity index (χ3n) is 4.68. The van der Waals surface area contributed by atoms with E-state index in [4.69, 9.17) is 4.74 Å². The van der Waals surface area contributed by atoms with E-state index in [-0.39, 0.29) is 5.54 Å². The second kappa shape index (κ2) is 2.48. The molecule has 2 bridgehead atoms. The van der Waals surface area contributed by atoms with Crippen molar-refractivity contribution in [1.82, 2.24) is 4.90 Å². The minimum Gasteiger partial charge on any atom is -0.372 e. The maximum absolute atomic E-state index is 6.02. The SMILES string of the molecule is CN(C)[C@@]1(C)[C@@H]2CC[C@@H](O2)C1(C)C. The van der Waals surface area contributed by atoms with Crippen molar-refractivity contribution in [3.63, 3.8) is 0 Å². The number of rotatable bonds is 1. The van der Waals surface area contributed by atoms with E-state index in [2.05, 4.69) is 39.8 Å². The second-order valence-corrected chi connectivity index (χ2v) is 5.45. The minimum absolute atomic E-state index is 0.218. The van der Waals surface area contributed by atoms with Gasteiger partial charge in [0.25, 0.3) is 0 Å². The van der Waals surface area contributed by atoms with Crippen molar-refractivity contribution in [2.75, 3.05) is 14.1 Å². The zero-order valence-corrected chi connectivity index (χ0v) is 9.42. The maximum Gasteiger partial charge on any atom is 0.0767 e. The smallest absolute Gasteiger partial charge is 0.0767 e.